The zero-order valence-electron chi connectivity index (χ0n) is 19.8. The third-order valence-corrected chi connectivity index (χ3v) is 9.59. The molecule has 2 aliphatic carbocycles. The summed E-state index contributed by atoms with van der Waals surface area (Å²) in [5.74, 6) is 2.00. The number of halogens is 1. The van der Waals surface area contributed by atoms with Crippen molar-refractivity contribution >= 4 is 45.0 Å². The molecule has 8 nitrogen and oxygen atoms in total. The Kier molecular flexibility index (Phi) is 5.16. The number of aromatic nitrogens is 6. The third kappa shape index (κ3) is 3.55. The molecular weight excluding hydrogens is 497 g/mol. The Morgan fingerprint density at radius 1 is 1.19 bits per heavy atom. The van der Waals surface area contributed by atoms with Crippen molar-refractivity contribution < 1.29 is 8.81 Å². The largest absolute Gasteiger partial charge is 0.419 e. The Morgan fingerprint density at radius 2 is 2.08 bits per heavy atom. The fourth-order valence-electron chi connectivity index (χ4n) is 6.07. The lowest BCUT2D eigenvalue weighted by molar-refractivity contribution is 0.371. The van der Waals surface area contributed by atoms with Crippen molar-refractivity contribution in [2.75, 3.05) is 0 Å². The van der Waals surface area contributed by atoms with Gasteiger partial charge in [0.25, 0.3) is 5.89 Å². The van der Waals surface area contributed by atoms with E-state index in [0.29, 0.717) is 39.7 Å². The number of rotatable bonds is 5. The summed E-state index contributed by atoms with van der Waals surface area (Å²) in [5, 5.41) is 11.1. The summed E-state index contributed by atoms with van der Waals surface area (Å²) in [7, 11) is 0. The van der Waals surface area contributed by atoms with Crippen molar-refractivity contribution in [3.05, 3.63) is 41.3 Å². The maximum absolute atomic E-state index is 14.6. The first kappa shape index (κ1) is 22.3. The highest BCUT2D eigenvalue weighted by Gasteiger charge is 2.46. The molecule has 36 heavy (non-hydrogen) atoms. The topological polar surface area (TPSA) is 119 Å². The monoisotopic (exact) mass is 521 g/mol. The molecular formula is C25H24FN7OS2. The summed E-state index contributed by atoms with van der Waals surface area (Å²) in [6.07, 6.45) is 5.68. The minimum Gasteiger partial charge on any atom is -0.419 e. The van der Waals surface area contributed by atoms with Gasteiger partial charge in [-0.25, -0.2) is 19.3 Å². The summed E-state index contributed by atoms with van der Waals surface area (Å²) in [4.78, 5) is 17.9. The van der Waals surface area contributed by atoms with Crippen molar-refractivity contribution in [2.45, 2.75) is 60.9 Å². The molecule has 0 saturated heterocycles. The van der Waals surface area contributed by atoms with Gasteiger partial charge < -0.3 is 15.1 Å². The lowest BCUT2D eigenvalue weighted by Gasteiger charge is -2.25. The van der Waals surface area contributed by atoms with Crippen LogP contribution in [0.4, 0.5) is 4.39 Å². The standard InChI is InChI=1S/C25H24FN7OS2/c1-3-11-5-14(26)8-16-19-21(15-6-13-4-12(15)7-17(13)27)30-25(31-22(19)29-20(11)16)36-18-9-28-24(35-18)23-33-32-10(2)34-23/h5,8-9,12-13,15,17H,3-4,6-7,27H2,1-2H3,(H,29,30,31)/t12-,13-,15?,17-/m1/s1. The number of H-pyrrole nitrogens is 1. The maximum atomic E-state index is 14.6. The lowest BCUT2D eigenvalue weighted by atomic mass is 9.83. The first-order valence-corrected chi connectivity index (χ1v) is 13.8. The van der Waals surface area contributed by atoms with E-state index in [9.17, 15) is 4.39 Å². The number of nitrogens with two attached hydrogens (primary N) is 1. The minimum absolute atomic E-state index is 0.229. The molecule has 7 rings (SSSR count). The van der Waals surface area contributed by atoms with Gasteiger partial charge >= 0.3 is 0 Å². The zero-order chi connectivity index (χ0) is 24.6. The minimum atomic E-state index is -0.229. The highest BCUT2D eigenvalue weighted by atomic mass is 32.2. The number of hydrogen-bond donors (Lipinski definition) is 2. The van der Waals surface area contributed by atoms with E-state index in [2.05, 4.69) is 20.2 Å². The van der Waals surface area contributed by atoms with Gasteiger partial charge in [-0.1, -0.05) is 6.92 Å². The van der Waals surface area contributed by atoms with Gasteiger partial charge in [0.05, 0.1) is 21.6 Å². The Bertz CT molecular complexity index is 1620. The fourth-order valence-corrected chi connectivity index (χ4v) is 7.83. The van der Waals surface area contributed by atoms with E-state index < -0.39 is 0 Å². The first-order valence-electron chi connectivity index (χ1n) is 12.2. The Labute approximate surface area is 214 Å². The predicted molar refractivity (Wildman–Crippen MR) is 137 cm³/mol. The molecule has 0 spiro atoms. The Morgan fingerprint density at radius 3 is 2.81 bits per heavy atom. The molecule has 4 atom stereocenters. The van der Waals surface area contributed by atoms with Crippen molar-refractivity contribution in [3.63, 3.8) is 0 Å². The van der Waals surface area contributed by atoms with Crippen LogP contribution in [0, 0.1) is 24.6 Å². The first-order chi connectivity index (χ1) is 17.5. The van der Waals surface area contributed by atoms with Crippen LogP contribution >= 0.6 is 23.1 Å². The average Bonchev–Trinajstić information content (AvgIpc) is 3.66. The Balaban J connectivity index is 1.35. The van der Waals surface area contributed by atoms with Crippen LogP contribution in [0.5, 0.6) is 0 Å². The summed E-state index contributed by atoms with van der Waals surface area (Å²) >= 11 is 2.93. The van der Waals surface area contributed by atoms with Gasteiger partial charge in [-0.05, 0) is 67.0 Å². The molecule has 0 aliphatic heterocycles. The average molecular weight is 522 g/mol. The summed E-state index contributed by atoms with van der Waals surface area (Å²) in [6.45, 7) is 3.79. The number of nitrogens with zero attached hydrogens (tertiary/aromatic N) is 5. The van der Waals surface area contributed by atoms with Gasteiger partial charge in [-0.15, -0.1) is 21.5 Å². The molecule has 5 aromatic rings. The predicted octanol–water partition coefficient (Wildman–Crippen LogP) is 5.62. The van der Waals surface area contributed by atoms with Crippen LogP contribution in [-0.2, 0) is 6.42 Å². The molecule has 2 bridgehead atoms. The molecule has 1 unspecified atom stereocenters. The quantitative estimate of drug-likeness (QED) is 0.286. The highest BCUT2D eigenvalue weighted by Crippen LogP contribution is 2.53. The molecule has 0 amide bonds. The molecule has 4 aromatic heterocycles. The van der Waals surface area contributed by atoms with E-state index in [1.165, 1.54) is 23.1 Å². The summed E-state index contributed by atoms with van der Waals surface area (Å²) in [5.41, 5.74) is 10.0. The molecule has 2 aliphatic rings. The van der Waals surface area contributed by atoms with Gasteiger partial charge in [0, 0.05) is 29.7 Å². The second-order valence-electron chi connectivity index (χ2n) is 9.79. The smallest absolute Gasteiger partial charge is 0.276 e. The number of hydrogen-bond acceptors (Lipinski definition) is 9. The van der Waals surface area contributed by atoms with Gasteiger partial charge in [-0.2, -0.15) is 0 Å². The number of aryl methyl sites for hydroxylation is 2. The van der Waals surface area contributed by atoms with Crippen molar-refractivity contribution in [3.8, 4) is 10.9 Å². The molecule has 184 valence electrons. The van der Waals surface area contributed by atoms with E-state index in [1.807, 2.05) is 6.92 Å². The molecule has 4 heterocycles. The zero-order valence-corrected chi connectivity index (χ0v) is 21.4. The Hall–Kier alpha value is -2.89. The summed E-state index contributed by atoms with van der Waals surface area (Å²) in [6, 6.07) is 3.50. The van der Waals surface area contributed by atoms with Gasteiger partial charge in [0.15, 0.2) is 10.2 Å². The number of fused-ring (bicyclic) bond motifs is 5. The molecule has 1 aromatic carbocycles. The van der Waals surface area contributed by atoms with Crippen LogP contribution in [0.3, 0.4) is 0 Å². The van der Waals surface area contributed by atoms with Crippen molar-refractivity contribution in [1.82, 2.24) is 30.1 Å². The van der Waals surface area contributed by atoms with Gasteiger partial charge in [0.1, 0.15) is 11.5 Å². The SMILES string of the molecule is CCc1cc(F)cc2c1[nH]c1nc(Sc3cnc(-c4nnc(C)o4)s3)nc(C3C[C@H]4C[C@@H]3C[C@H]4N)c12. The number of aromatic amines is 1. The molecule has 2 fully saturated rings. The van der Waals surface area contributed by atoms with E-state index in [1.54, 1.807) is 25.3 Å². The van der Waals surface area contributed by atoms with Crippen molar-refractivity contribution in [1.29, 1.82) is 0 Å². The second kappa shape index (κ2) is 8.32. The maximum Gasteiger partial charge on any atom is 0.276 e. The van der Waals surface area contributed by atoms with E-state index in [-0.39, 0.29) is 11.9 Å². The lowest BCUT2D eigenvalue weighted by Crippen LogP contribution is -2.29. The van der Waals surface area contributed by atoms with Crippen LogP contribution in [0.15, 0.2) is 32.1 Å². The van der Waals surface area contributed by atoms with E-state index in [0.717, 1.165) is 63.1 Å². The number of thiazole rings is 1. The van der Waals surface area contributed by atoms with Gasteiger partial charge in [0.2, 0.25) is 5.89 Å². The number of nitrogens with one attached hydrogen (secondary N) is 1. The van der Waals surface area contributed by atoms with Crippen LogP contribution in [-0.4, -0.2) is 36.2 Å². The normalized spacial score (nSPS) is 23.4. The second-order valence-corrected chi connectivity index (χ2v) is 12.1. The third-order valence-electron chi connectivity index (χ3n) is 7.64. The van der Waals surface area contributed by atoms with Crippen LogP contribution in [0.1, 0.15) is 49.3 Å². The summed E-state index contributed by atoms with van der Waals surface area (Å²) < 4.78 is 21.1. The van der Waals surface area contributed by atoms with Crippen molar-refractivity contribution in [2.24, 2.45) is 17.6 Å². The fraction of sp³-hybridized carbons (Fsp3) is 0.400. The highest BCUT2D eigenvalue weighted by molar-refractivity contribution is 8.01. The van der Waals surface area contributed by atoms with Crippen LogP contribution in [0.25, 0.3) is 32.8 Å². The van der Waals surface area contributed by atoms with Crippen LogP contribution < -0.4 is 5.73 Å². The van der Waals surface area contributed by atoms with E-state index in [4.69, 9.17) is 20.1 Å². The molecule has 3 N–H and O–H groups in total. The molecule has 2 saturated carbocycles. The molecule has 11 heteroatoms. The molecule has 0 radical (unpaired) electrons. The van der Waals surface area contributed by atoms with Crippen LogP contribution in [0.2, 0.25) is 0 Å². The van der Waals surface area contributed by atoms with E-state index >= 15 is 0 Å². The number of benzene rings is 1. The van der Waals surface area contributed by atoms with Gasteiger partial charge in [-0.3, -0.25) is 0 Å².